The van der Waals surface area contributed by atoms with Crippen molar-refractivity contribution in [1.29, 1.82) is 0 Å². The van der Waals surface area contributed by atoms with E-state index in [1.54, 1.807) is 0 Å². The summed E-state index contributed by atoms with van der Waals surface area (Å²) in [6.07, 6.45) is 6.99. The van der Waals surface area contributed by atoms with Crippen LogP contribution >= 0.6 is 0 Å². The summed E-state index contributed by atoms with van der Waals surface area (Å²) in [5.41, 5.74) is 12.3. The number of hydrogen-bond donors (Lipinski definition) is 1. The second-order valence-corrected chi connectivity index (χ2v) is 11.3. The Kier molecular flexibility index (Phi) is 6.57. The van der Waals surface area contributed by atoms with Crippen LogP contribution in [0.4, 0.5) is 17.1 Å². The topological polar surface area (TPSA) is 15.3 Å². The number of nitrogens with one attached hydrogen (secondary N) is 1. The van der Waals surface area contributed by atoms with E-state index >= 15 is 0 Å². The molecule has 1 heterocycles. The zero-order valence-corrected chi connectivity index (χ0v) is 23.0. The van der Waals surface area contributed by atoms with Crippen molar-refractivity contribution in [2.24, 2.45) is 0 Å². The number of hydrogen-bond acceptors (Lipinski definition) is 2. The van der Waals surface area contributed by atoms with Crippen LogP contribution < -0.4 is 10.2 Å². The van der Waals surface area contributed by atoms with Crippen LogP contribution in [0.3, 0.4) is 0 Å². The molecule has 1 N–H and O–H groups in total. The van der Waals surface area contributed by atoms with Gasteiger partial charge in [0.05, 0.1) is 12.1 Å². The van der Waals surface area contributed by atoms with Gasteiger partial charge in [-0.15, -0.1) is 0 Å². The highest BCUT2D eigenvalue weighted by atomic mass is 15.2. The molecule has 2 heteroatoms. The van der Waals surface area contributed by atoms with Gasteiger partial charge < -0.3 is 10.2 Å². The minimum Gasteiger partial charge on any atom is -0.378 e. The van der Waals surface area contributed by atoms with Crippen LogP contribution in [0.15, 0.2) is 97.1 Å². The van der Waals surface area contributed by atoms with Gasteiger partial charge in [0.1, 0.15) is 0 Å². The van der Waals surface area contributed by atoms with Crippen molar-refractivity contribution in [3.8, 4) is 0 Å². The van der Waals surface area contributed by atoms with E-state index in [1.165, 1.54) is 50.4 Å². The molecule has 0 fully saturated rings. The second-order valence-electron chi connectivity index (χ2n) is 11.3. The largest absolute Gasteiger partial charge is 0.378 e. The summed E-state index contributed by atoms with van der Waals surface area (Å²) in [6.45, 7) is 9.29. The van der Waals surface area contributed by atoms with E-state index in [0.717, 1.165) is 12.8 Å². The van der Waals surface area contributed by atoms with Crippen molar-refractivity contribution in [3.63, 3.8) is 0 Å². The lowest BCUT2D eigenvalue weighted by Gasteiger charge is -2.40. The quantitative estimate of drug-likeness (QED) is 0.284. The summed E-state index contributed by atoms with van der Waals surface area (Å²) in [7, 11) is 0. The third kappa shape index (κ3) is 4.32. The Bertz CT molecular complexity index is 1440. The fourth-order valence-electron chi connectivity index (χ4n) is 6.43. The predicted octanol–water partition coefficient (Wildman–Crippen LogP) is 9.94. The van der Waals surface area contributed by atoms with Crippen LogP contribution in [-0.2, 0) is 6.42 Å². The van der Waals surface area contributed by atoms with Crippen LogP contribution in [0.25, 0.3) is 6.08 Å². The Hall–Kier alpha value is -3.78. The number of rotatable bonds is 6. The fraction of sp³-hybridized carbons (Fsp3) is 0.278. The zero-order valence-electron chi connectivity index (χ0n) is 23.0. The molecule has 0 saturated carbocycles. The molecule has 192 valence electrons. The van der Waals surface area contributed by atoms with Gasteiger partial charge in [-0.05, 0) is 76.3 Å². The molecule has 0 aromatic heterocycles. The molecule has 4 aromatic rings. The van der Waals surface area contributed by atoms with Crippen molar-refractivity contribution < 1.29 is 0 Å². The minimum absolute atomic E-state index is 0.121. The Morgan fingerprint density at radius 1 is 0.737 bits per heavy atom. The molecular formula is C36H38N2. The molecule has 38 heavy (non-hydrogen) atoms. The van der Waals surface area contributed by atoms with E-state index in [1.807, 2.05) is 0 Å². The maximum absolute atomic E-state index is 3.87. The summed E-state index contributed by atoms with van der Waals surface area (Å²) in [5.74, 6) is 0.854. The molecule has 2 unspecified atom stereocenters. The molecular weight excluding hydrogens is 460 g/mol. The lowest BCUT2D eigenvalue weighted by Crippen LogP contribution is -2.29. The first-order valence-electron chi connectivity index (χ1n) is 14.2. The number of aryl methyl sites for hydroxylation is 1. The monoisotopic (exact) mass is 498 g/mol. The zero-order chi connectivity index (χ0) is 26.2. The average Bonchev–Trinajstić information content (AvgIpc) is 3.35. The van der Waals surface area contributed by atoms with Crippen LogP contribution in [0, 0.1) is 0 Å². The third-order valence-corrected chi connectivity index (χ3v) is 8.23. The van der Waals surface area contributed by atoms with Crippen LogP contribution in [-0.4, -0.2) is 0 Å². The molecule has 6 rings (SSSR count). The molecule has 0 amide bonds. The fourth-order valence-corrected chi connectivity index (χ4v) is 6.43. The van der Waals surface area contributed by atoms with Gasteiger partial charge in [-0.2, -0.15) is 0 Å². The number of para-hydroxylation sites is 3. The van der Waals surface area contributed by atoms with E-state index in [-0.39, 0.29) is 6.04 Å². The molecule has 0 radical (unpaired) electrons. The maximum atomic E-state index is 3.87. The van der Waals surface area contributed by atoms with Crippen LogP contribution in [0.1, 0.15) is 91.4 Å². The van der Waals surface area contributed by atoms with Crippen LogP contribution in [0.2, 0.25) is 0 Å². The SMILES string of the molecule is CC(C)c1cccc(C(C)C)c1N1c2ccccc2C=CC1c1cccc2c1C(Nc1ccccc1)CC2. The van der Waals surface area contributed by atoms with Crippen molar-refractivity contribution in [2.45, 2.75) is 64.5 Å². The summed E-state index contributed by atoms with van der Waals surface area (Å²) >= 11 is 0. The molecule has 2 atom stereocenters. The first-order valence-corrected chi connectivity index (χ1v) is 14.2. The molecule has 0 spiro atoms. The maximum Gasteiger partial charge on any atom is 0.0782 e. The van der Waals surface area contributed by atoms with Gasteiger partial charge in [0.25, 0.3) is 0 Å². The Labute approximate surface area is 228 Å². The van der Waals surface area contributed by atoms with Gasteiger partial charge in [0.15, 0.2) is 0 Å². The van der Waals surface area contributed by atoms with Crippen molar-refractivity contribution in [3.05, 3.63) is 130 Å². The van der Waals surface area contributed by atoms with Crippen molar-refractivity contribution in [1.82, 2.24) is 0 Å². The van der Waals surface area contributed by atoms with Gasteiger partial charge in [0.2, 0.25) is 0 Å². The standard InChI is InChI=1S/C36H38N2/c1-24(2)29-16-11-17-30(25(3)4)36(29)38-33-19-9-8-12-26(33)21-23-34(38)31-18-10-13-27-20-22-32(35(27)31)37-28-14-6-5-7-15-28/h5-19,21,23-25,32,34,37H,20,22H2,1-4H3. The molecule has 1 aliphatic carbocycles. The van der Waals surface area contributed by atoms with Crippen molar-refractivity contribution >= 4 is 23.1 Å². The van der Waals surface area contributed by atoms with Crippen molar-refractivity contribution in [2.75, 3.05) is 10.2 Å². The van der Waals surface area contributed by atoms with E-state index in [2.05, 4.69) is 141 Å². The van der Waals surface area contributed by atoms with E-state index in [0.29, 0.717) is 17.9 Å². The number of benzene rings is 4. The molecule has 1 aliphatic heterocycles. The third-order valence-electron chi connectivity index (χ3n) is 8.23. The van der Waals surface area contributed by atoms with Gasteiger partial charge in [-0.1, -0.05) is 113 Å². The van der Waals surface area contributed by atoms with Gasteiger partial charge in [-0.3, -0.25) is 0 Å². The lowest BCUT2D eigenvalue weighted by atomic mass is 9.86. The van der Waals surface area contributed by atoms with Gasteiger partial charge in [-0.25, -0.2) is 0 Å². The van der Waals surface area contributed by atoms with E-state index in [4.69, 9.17) is 0 Å². The Morgan fingerprint density at radius 2 is 1.42 bits per heavy atom. The highest BCUT2D eigenvalue weighted by Crippen LogP contribution is 2.50. The number of nitrogens with zero attached hydrogens (tertiary/aromatic N) is 1. The average molecular weight is 499 g/mol. The Balaban J connectivity index is 1.55. The molecule has 2 aliphatic rings. The second kappa shape index (κ2) is 10.2. The number of anilines is 3. The lowest BCUT2D eigenvalue weighted by molar-refractivity contribution is 0.735. The number of fused-ring (bicyclic) bond motifs is 2. The first-order chi connectivity index (χ1) is 18.5. The van der Waals surface area contributed by atoms with Gasteiger partial charge >= 0.3 is 0 Å². The highest BCUT2D eigenvalue weighted by Gasteiger charge is 2.34. The minimum atomic E-state index is 0.121. The highest BCUT2D eigenvalue weighted by molar-refractivity contribution is 5.82. The molecule has 2 nitrogen and oxygen atoms in total. The summed E-state index contributed by atoms with van der Waals surface area (Å²) in [5, 5.41) is 3.87. The summed E-state index contributed by atoms with van der Waals surface area (Å²) < 4.78 is 0. The van der Waals surface area contributed by atoms with E-state index in [9.17, 15) is 0 Å². The smallest absolute Gasteiger partial charge is 0.0782 e. The molecule has 0 bridgehead atoms. The summed E-state index contributed by atoms with van der Waals surface area (Å²) in [4.78, 5) is 2.65. The van der Waals surface area contributed by atoms with Gasteiger partial charge in [0, 0.05) is 17.1 Å². The summed E-state index contributed by atoms with van der Waals surface area (Å²) in [6, 6.07) is 33.9. The molecule has 0 saturated heterocycles. The normalized spacial score (nSPS) is 18.1. The molecule has 4 aromatic carbocycles. The van der Waals surface area contributed by atoms with Crippen LogP contribution in [0.5, 0.6) is 0 Å². The first kappa shape index (κ1) is 24.6. The predicted molar refractivity (Wildman–Crippen MR) is 163 cm³/mol. The Morgan fingerprint density at radius 3 is 2.16 bits per heavy atom. The van der Waals surface area contributed by atoms with E-state index < -0.39 is 0 Å².